The third-order valence-corrected chi connectivity index (χ3v) is 2.34. The second kappa shape index (κ2) is 3.98. The number of hydrogen-bond acceptors (Lipinski definition) is 4. The molecule has 15 heavy (non-hydrogen) atoms. The monoisotopic (exact) mass is 208 g/mol. The maximum Gasteiger partial charge on any atom is 0.154 e. The zero-order valence-corrected chi connectivity index (χ0v) is 8.99. The number of rotatable bonds is 4. The molecule has 0 spiro atoms. The molecule has 4 nitrogen and oxygen atoms in total. The summed E-state index contributed by atoms with van der Waals surface area (Å²) in [6, 6.07) is 5.63. The van der Waals surface area contributed by atoms with Gasteiger partial charge in [0.05, 0.1) is 18.0 Å². The average Bonchev–Trinajstić information content (AvgIpc) is 2.87. The Hall–Kier alpha value is -1.42. The summed E-state index contributed by atoms with van der Waals surface area (Å²) in [5.41, 5.74) is 7.46. The van der Waals surface area contributed by atoms with Gasteiger partial charge in [0.15, 0.2) is 6.23 Å². The third-order valence-electron chi connectivity index (χ3n) is 2.34. The van der Waals surface area contributed by atoms with Gasteiger partial charge in [0.1, 0.15) is 11.9 Å². The lowest BCUT2D eigenvalue weighted by molar-refractivity contribution is 0.340. The van der Waals surface area contributed by atoms with Crippen molar-refractivity contribution in [2.24, 2.45) is 0 Å². The second-order valence-electron chi connectivity index (χ2n) is 3.59. The Balaban J connectivity index is 2.05. The fourth-order valence-electron chi connectivity index (χ4n) is 1.42. The van der Waals surface area contributed by atoms with E-state index in [1.54, 1.807) is 0 Å². The predicted octanol–water partition coefficient (Wildman–Crippen LogP) is 1.82. The van der Waals surface area contributed by atoms with Gasteiger partial charge in [0.2, 0.25) is 0 Å². The Bertz CT molecular complexity index is 354. The largest absolute Gasteiger partial charge is 0.494 e. The molecule has 1 aliphatic rings. The lowest BCUT2D eigenvalue weighted by Gasteiger charge is -2.09. The van der Waals surface area contributed by atoms with Gasteiger partial charge < -0.3 is 20.5 Å². The molecule has 2 atom stereocenters. The van der Waals surface area contributed by atoms with Crippen LogP contribution >= 0.6 is 0 Å². The lowest BCUT2D eigenvalue weighted by atomic mass is 10.2. The Morgan fingerprint density at radius 3 is 2.80 bits per heavy atom. The first kappa shape index (κ1) is 10.1. The zero-order valence-electron chi connectivity index (χ0n) is 8.99. The highest BCUT2D eigenvalue weighted by Crippen LogP contribution is 2.29. The van der Waals surface area contributed by atoms with Gasteiger partial charge in [-0.05, 0) is 26.0 Å². The Kier molecular flexibility index (Phi) is 2.68. The number of hydrogen-bond donors (Lipinski definition) is 2. The first-order valence-corrected chi connectivity index (χ1v) is 5.15. The molecule has 0 aromatic heterocycles. The zero-order chi connectivity index (χ0) is 10.8. The number of nitrogens with one attached hydrogen (secondary N) is 1. The SMILES string of the molecule is CCOc1ccc(NC2OC2C)c(N)c1. The first-order chi connectivity index (χ1) is 7.20. The van der Waals surface area contributed by atoms with Crippen LogP contribution in [0.3, 0.4) is 0 Å². The maximum absolute atomic E-state index is 5.88. The van der Waals surface area contributed by atoms with Crippen molar-refractivity contribution in [2.45, 2.75) is 26.2 Å². The van der Waals surface area contributed by atoms with Crippen molar-refractivity contribution < 1.29 is 9.47 Å². The van der Waals surface area contributed by atoms with E-state index in [1.165, 1.54) is 0 Å². The summed E-state index contributed by atoms with van der Waals surface area (Å²) >= 11 is 0. The summed E-state index contributed by atoms with van der Waals surface area (Å²) in [5, 5.41) is 3.20. The van der Waals surface area contributed by atoms with Crippen LogP contribution in [0.2, 0.25) is 0 Å². The fourth-order valence-corrected chi connectivity index (χ4v) is 1.42. The number of ether oxygens (including phenoxy) is 2. The van der Waals surface area contributed by atoms with E-state index in [9.17, 15) is 0 Å². The minimum absolute atomic E-state index is 0.102. The van der Waals surface area contributed by atoms with Crippen LogP contribution in [0.25, 0.3) is 0 Å². The number of nitrogens with two attached hydrogens (primary N) is 1. The van der Waals surface area contributed by atoms with E-state index in [2.05, 4.69) is 5.32 Å². The molecule has 0 amide bonds. The molecule has 4 heteroatoms. The van der Waals surface area contributed by atoms with E-state index in [-0.39, 0.29) is 12.3 Å². The van der Waals surface area contributed by atoms with Crippen LogP contribution in [0.15, 0.2) is 18.2 Å². The Labute approximate surface area is 89.4 Å². The Morgan fingerprint density at radius 2 is 2.27 bits per heavy atom. The molecule has 1 aliphatic heterocycles. The normalized spacial score (nSPS) is 23.6. The molecule has 0 saturated carbocycles. The number of anilines is 2. The minimum atomic E-state index is 0.102. The smallest absolute Gasteiger partial charge is 0.154 e. The van der Waals surface area contributed by atoms with Crippen LogP contribution in [0.4, 0.5) is 11.4 Å². The summed E-state index contributed by atoms with van der Waals surface area (Å²) in [6.07, 6.45) is 0.376. The Morgan fingerprint density at radius 1 is 1.53 bits per heavy atom. The fraction of sp³-hybridized carbons (Fsp3) is 0.455. The molecule has 2 rings (SSSR count). The third kappa shape index (κ3) is 2.33. The highest BCUT2D eigenvalue weighted by atomic mass is 16.6. The van der Waals surface area contributed by atoms with E-state index >= 15 is 0 Å². The summed E-state index contributed by atoms with van der Waals surface area (Å²) in [5.74, 6) is 0.797. The molecule has 0 radical (unpaired) electrons. The highest BCUT2D eigenvalue weighted by molar-refractivity contribution is 5.68. The van der Waals surface area contributed by atoms with Gasteiger partial charge in [0.25, 0.3) is 0 Å². The van der Waals surface area contributed by atoms with E-state index in [1.807, 2.05) is 32.0 Å². The van der Waals surface area contributed by atoms with E-state index < -0.39 is 0 Å². The topological polar surface area (TPSA) is 59.8 Å². The van der Waals surface area contributed by atoms with E-state index in [4.69, 9.17) is 15.2 Å². The summed E-state index contributed by atoms with van der Waals surface area (Å²) in [7, 11) is 0. The lowest BCUT2D eigenvalue weighted by Crippen LogP contribution is -2.07. The minimum Gasteiger partial charge on any atom is -0.494 e. The van der Waals surface area contributed by atoms with Crippen molar-refractivity contribution >= 4 is 11.4 Å². The van der Waals surface area contributed by atoms with Crippen molar-refractivity contribution in [1.29, 1.82) is 0 Å². The molecule has 1 aromatic rings. The standard InChI is InChI=1S/C11H16N2O2/c1-3-14-8-4-5-10(9(12)6-8)13-11-7(2)15-11/h4-7,11,13H,3,12H2,1-2H3. The number of nitrogen functional groups attached to an aromatic ring is 1. The van der Waals surface area contributed by atoms with Crippen LogP contribution < -0.4 is 15.8 Å². The maximum atomic E-state index is 5.88. The average molecular weight is 208 g/mol. The number of benzene rings is 1. The van der Waals surface area contributed by atoms with Gasteiger partial charge in [-0.15, -0.1) is 0 Å². The van der Waals surface area contributed by atoms with Crippen LogP contribution in [0.5, 0.6) is 5.75 Å². The quantitative estimate of drug-likeness (QED) is 0.585. The summed E-state index contributed by atoms with van der Waals surface area (Å²) < 4.78 is 10.6. The molecule has 0 aliphatic carbocycles. The van der Waals surface area contributed by atoms with Crippen molar-refractivity contribution in [3.05, 3.63) is 18.2 Å². The second-order valence-corrected chi connectivity index (χ2v) is 3.59. The van der Waals surface area contributed by atoms with Gasteiger partial charge in [-0.1, -0.05) is 0 Å². The van der Waals surface area contributed by atoms with Gasteiger partial charge in [0, 0.05) is 6.07 Å². The van der Waals surface area contributed by atoms with E-state index in [0.717, 1.165) is 11.4 Å². The van der Waals surface area contributed by atoms with Crippen LogP contribution in [-0.2, 0) is 4.74 Å². The molecule has 1 aromatic carbocycles. The van der Waals surface area contributed by atoms with E-state index in [0.29, 0.717) is 12.3 Å². The van der Waals surface area contributed by atoms with Gasteiger partial charge >= 0.3 is 0 Å². The molecule has 1 heterocycles. The first-order valence-electron chi connectivity index (χ1n) is 5.15. The molecular weight excluding hydrogens is 192 g/mol. The van der Waals surface area contributed by atoms with Gasteiger partial charge in [-0.2, -0.15) is 0 Å². The molecular formula is C11H16N2O2. The van der Waals surface area contributed by atoms with Crippen LogP contribution in [-0.4, -0.2) is 18.9 Å². The molecule has 82 valence electrons. The summed E-state index contributed by atoms with van der Waals surface area (Å²) in [4.78, 5) is 0. The van der Waals surface area contributed by atoms with Crippen molar-refractivity contribution in [1.82, 2.24) is 0 Å². The highest BCUT2D eigenvalue weighted by Gasteiger charge is 2.34. The van der Waals surface area contributed by atoms with Gasteiger partial charge in [-0.25, -0.2) is 0 Å². The van der Waals surface area contributed by atoms with Crippen molar-refractivity contribution in [3.8, 4) is 5.75 Å². The molecule has 1 fully saturated rings. The van der Waals surface area contributed by atoms with Gasteiger partial charge in [-0.3, -0.25) is 0 Å². The number of epoxide rings is 1. The van der Waals surface area contributed by atoms with Crippen LogP contribution in [0.1, 0.15) is 13.8 Å². The molecule has 0 bridgehead atoms. The molecule has 3 N–H and O–H groups in total. The summed E-state index contributed by atoms with van der Waals surface area (Å²) in [6.45, 7) is 4.61. The van der Waals surface area contributed by atoms with Crippen LogP contribution in [0, 0.1) is 0 Å². The predicted molar refractivity (Wildman–Crippen MR) is 60.0 cm³/mol. The van der Waals surface area contributed by atoms with Crippen molar-refractivity contribution in [3.63, 3.8) is 0 Å². The van der Waals surface area contributed by atoms with Crippen molar-refractivity contribution in [2.75, 3.05) is 17.7 Å². The molecule has 2 unspecified atom stereocenters. The molecule has 1 saturated heterocycles.